The van der Waals surface area contributed by atoms with Gasteiger partial charge in [0.1, 0.15) is 11.6 Å². The molecule has 10 rings (SSSR count). The van der Waals surface area contributed by atoms with Crippen molar-refractivity contribution in [1.29, 1.82) is 0 Å². The molecule has 0 amide bonds. The zero-order chi connectivity index (χ0) is 40.7. The van der Waals surface area contributed by atoms with Crippen LogP contribution in [0.3, 0.4) is 0 Å². The average molecular weight is 693 g/mol. The number of aromatic nitrogens is 12. The average Bonchev–Trinajstić information content (AvgIpc) is 4.02. The topological polar surface area (TPSA) is 122 Å². The van der Waals surface area contributed by atoms with Gasteiger partial charge in [-0.05, 0) is 51.5 Å². The van der Waals surface area contributed by atoms with Crippen molar-refractivity contribution in [2.24, 2.45) is 0 Å². The summed E-state index contributed by atoms with van der Waals surface area (Å²) in [7, 11) is 0. The molecule has 0 saturated heterocycles. The predicted molar refractivity (Wildman–Crippen MR) is 190 cm³/mol. The number of aryl methyl sites for hydroxylation is 8. The van der Waals surface area contributed by atoms with E-state index in [1.54, 1.807) is 18.3 Å². The molecule has 13 heteroatoms. The summed E-state index contributed by atoms with van der Waals surface area (Å²) in [5.74, 6) is 2.69. The van der Waals surface area contributed by atoms with E-state index in [0.717, 1.165) is 70.0 Å². The zero-order valence-corrected chi connectivity index (χ0v) is 30.3. The first-order chi connectivity index (χ1) is 27.6. The van der Waals surface area contributed by atoms with Gasteiger partial charge in [0.15, 0.2) is 22.9 Å². The Morgan fingerprint density at radius 1 is 0.667 bits per heavy atom. The first-order valence-corrected chi connectivity index (χ1v) is 16.3. The van der Waals surface area contributed by atoms with Crippen molar-refractivity contribution in [3.05, 3.63) is 130 Å². The van der Waals surface area contributed by atoms with Crippen LogP contribution < -0.4 is 29.6 Å². The Morgan fingerprint density at radius 2 is 1.24 bits per heavy atom. The molecule has 0 fully saturated rings. The van der Waals surface area contributed by atoms with Crippen LogP contribution in [-0.2, 0) is 38.7 Å². The molecule has 0 aliphatic carbocycles. The van der Waals surface area contributed by atoms with E-state index >= 15 is 0 Å². The van der Waals surface area contributed by atoms with E-state index in [1.807, 2.05) is 36.7 Å². The molecule has 2 aliphatic heterocycles. The van der Waals surface area contributed by atoms with Crippen LogP contribution >= 0.6 is 0 Å². The van der Waals surface area contributed by atoms with E-state index < -0.39 is 20.2 Å². The third-order valence-corrected chi connectivity index (χ3v) is 8.96. The predicted octanol–water partition coefficient (Wildman–Crippen LogP) is 2.62. The summed E-state index contributed by atoms with van der Waals surface area (Å²) < 4.78 is 69.6. The van der Waals surface area contributed by atoms with Crippen LogP contribution in [0.5, 0.6) is 0 Å². The first-order valence-electron chi connectivity index (χ1n) is 20.3. The number of hydrogen-bond donors (Lipinski definition) is 0. The van der Waals surface area contributed by atoms with Gasteiger partial charge in [0.25, 0.3) is 0 Å². The van der Waals surface area contributed by atoms with Crippen molar-refractivity contribution in [3.63, 3.8) is 0 Å². The van der Waals surface area contributed by atoms with Crippen LogP contribution in [0.4, 0.5) is 0 Å². The normalized spacial score (nSPS) is 16.1. The number of benzene rings is 2. The minimum Gasteiger partial charge on any atom is -1.00 e. The molecule has 0 unspecified atom stereocenters. The third-order valence-electron chi connectivity index (χ3n) is 8.96. The molecule has 6 aromatic heterocycles. The molecule has 8 heterocycles. The molecular formula is C38H37N12Na. The second-order valence-electron chi connectivity index (χ2n) is 12.4. The molecule has 12 nitrogen and oxygen atoms in total. The Labute approximate surface area is 329 Å². The van der Waals surface area contributed by atoms with E-state index in [1.165, 1.54) is 15.7 Å². The van der Waals surface area contributed by atoms with Crippen LogP contribution in [-0.4, -0.2) is 58.3 Å². The van der Waals surface area contributed by atoms with E-state index in [0.29, 0.717) is 23.5 Å². The standard InChI is InChI=1S/2C19H18N6.Na.H/c2*1-12-9-20-13(2)18-22-17(23-25(12)18)8-7-15-11-24-10-14-5-3-4-6-16(14)19(24)21-15;;/h2*3-6,9,11H,7-8,10H2,1-2H3;;/q;;+1;-1/i1D3,2D3,10D2;;;. The zero-order valence-electron chi connectivity index (χ0n) is 37.3. The second kappa shape index (κ2) is 13.3. The van der Waals surface area contributed by atoms with Gasteiger partial charge < -0.3 is 10.6 Å². The smallest absolute Gasteiger partial charge is 1.00 e. The van der Waals surface area contributed by atoms with Gasteiger partial charge in [-0.15, -0.1) is 0 Å². The fourth-order valence-corrected chi connectivity index (χ4v) is 6.46. The molecule has 0 spiro atoms. The van der Waals surface area contributed by atoms with Crippen molar-refractivity contribution in [1.82, 2.24) is 58.3 Å². The fraction of sp³-hybridized carbons (Fsp3) is 0.263. The summed E-state index contributed by atoms with van der Waals surface area (Å²) in [6.07, 6.45) is 8.86. The van der Waals surface area contributed by atoms with Gasteiger partial charge in [-0.25, -0.2) is 29.0 Å². The summed E-state index contributed by atoms with van der Waals surface area (Å²) >= 11 is 0. The maximum absolute atomic E-state index is 8.44. The fourth-order valence-electron chi connectivity index (χ4n) is 6.46. The molecule has 250 valence electrons. The second-order valence-corrected chi connectivity index (χ2v) is 12.4. The van der Waals surface area contributed by atoms with Crippen molar-refractivity contribution >= 4 is 11.3 Å². The molecule has 2 aromatic carbocycles. The molecule has 8 aromatic rings. The quantitative estimate of drug-likeness (QED) is 0.244. The van der Waals surface area contributed by atoms with Gasteiger partial charge in [-0.3, -0.25) is 9.97 Å². The van der Waals surface area contributed by atoms with Gasteiger partial charge >= 0.3 is 29.6 Å². The minimum absolute atomic E-state index is 0. The Morgan fingerprint density at radius 3 is 1.92 bits per heavy atom. The first kappa shape index (κ1) is 25.0. The van der Waals surface area contributed by atoms with Crippen molar-refractivity contribution in [2.45, 2.75) is 66.3 Å². The molecule has 0 radical (unpaired) electrons. The van der Waals surface area contributed by atoms with E-state index in [9.17, 15) is 0 Å². The van der Waals surface area contributed by atoms with Crippen LogP contribution in [0, 0.1) is 27.6 Å². The van der Waals surface area contributed by atoms with E-state index in [-0.39, 0.29) is 60.3 Å². The summed E-state index contributed by atoms with van der Waals surface area (Å²) in [6.45, 7) is -1.97. The molecule has 0 atom stereocenters. The van der Waals surface area contributed by atoms with Gasteiger partial charge in [0, 0.05) is 70.0 Å². The maximum Gasteiger partial charge on any atom is 1.00 e. The Balaban J connectivity index is 0.000000181. The van der Waals surface area contributed by atoms with Gasteiger partial charge in [-0.2, -0.15) is 10.2 Å². The number of hydrogen-bond acceptors (Lipinski definition) is 8. The van der Waals surface area contributed by atoms with Crippen LogP contribution in [0.1, 0.15) is 69.3 Å². The Hall–Kier alpha value is -5.04. The molecule has 2 aliphatic rings. The summed E-state index contributed by atoms with van der Waals surface area (Å²) in [4.78, 5) is 26.5. The van der Waals surface area contributed by atoms with Crippen molar-refractivity contribution < 1.29 is 41.9 Å². The van der Waals surface area contributed by atoms with E-state index in [2.05, 4.69) is 70.1 Å². The minimum atomic E-state index is -2.58. The molecule has 0 N–H and O–H groups in total. The van der Waals surface area contributed by atoms with E-state index in [4.69, 9.17) is 16.0 Å². The largest absolute Gasteiger partial charge is 1.00 e. The third kappa shape index (κ3) is 6.07. The van der Waals surface area contributed by atoms with Crippen LogP contribution in [0.25, 0.3) is 34.1 Å². The van der Waals surface area contributed by atoms with Crippen molar-refractivity contribution in [3.8, 4) is 22.8 Å². The molecule has 0 bridgehead atoms. The van der Waals surface area contributed by atoms with Gasteiger partial charge in [0.2, 0.25) is 0 Å². The van der Waals surface area contributed by atoms with Gasteiger partial charge in [-0.1, -0.05) is 48.5 Å². The SMILES string of the molecule is Cc1ncc(C)n2nc(CCc3cn4c(n3)-c3ccccc3C4)nc12.[2H]C([2H])([2H])c1ncc(C([2H])([2H])[2H])n2nc(CCc3cn4c(n3)-c3ccccc3C4([2H])[2H])nc12.[H-].[Na+]. The van der Waals surface area contributed by atoms with Crippen molar-refractivity contribution in [2.75, 3.05) is 0 Å². The molecule has 0 saturated carbocycles. The van der Waals surface area contributed by atoms with Gasteiger partial charge in [0.05, 0.1) is 36.9 Å². The Bertz CT molecular complexity index is 2800. The molecule has 51 heavy (non-hydrogen) atoms. The summed E-state index contributed by atoms with van der Waals surface area (Å²) in [5, 5.41) is 8.86. The van der Waals surface area contributed by atoms with Crippen LogP contribution in [0.2, 0.25) is 0 Å². The monoisotopic (exact) mass is 692 g/mol. The summed E-state index contributed by atoms with van der Waals surface area (Å²) in [6, 6.07) is 15.7. The number of imidazole rings is 2. The summed E-state index contributed by atoms with van der Waals surface area (Å²) in [5.41, 5.74) is 7.68. The number of rotatable bonds is 6. The Kier molecular flexibility index (Phi) is 6.50. The van der Waals surface area contributed by atoms with Crippen LogP contribution in [0.15, 0.2) is 73.3 Å². The number of fused-ring (bicyclic) bond motifs is 8. The number of nitrogens with zero attached hydrogens (tertiary/aromatic N) is 12. The molecular weight excluding hydrogens is 647 g/mol. The maximum atomic E-state index is 8.44.